The molecule has 0 spiro atoms. The van der Waals surface area contributed by atoms with Gasteiger partial charge in [-0.25, -0.2) is 4.98 Å². The van der Waals surface area contributed by atoms with E-state index >= 15 is 0 Å². The number of halogens is 3. The molecule has 0 aliphatic heterocycles. The summed E-state index contributed by atoms with van der Waals surface area (Å²) in [4.78, 5) is 24.9. The van der Waals surface area contributed by atoms with E-state index in [4.69, 9.17) is 0 Å². The third-order valence-corrected chi connectivity index (χ3v) is 5.00. The highest BCUT2D eigenvalue weighted by Crippen LogP contribution is 2.48. The maximum atomic E-state index is 12.6. The maximum Gasteiger partial charge on any atom is 0.422 e. The molecule has 3 aromatic rings. The maximum absolute atomic E-state index is 12.6. The molecule has 0 unspecified atom stereocenters. The molecule has 2 heterocycles. The number of hydrogen-bond donors (Lipinski definition) is 1. The molecular formula is C21H19F3N4O2. The van der Waals surface area contributed by atoms with Gasteiger partial charge in [0.2, 0.25) is 11.8 Å². The lowest BCUT2D eigenvalue weighted by Crippen LogP contribution is -2.29. The Morgan fingerprint density at radius 2 is 2.00 bits per heavy atom. The standard InChI is InChI=1S/C21H19F3N4O2/c1-12(18-9-27-19(10-26-18)30-11-21(22,23)24)28-20(29)16-7-15(16)14-6-13-4-2-3-5-17(13)25-8-14/h2-6,8-10,12,15-16H,7,11H2,1H3,(H,28,29)/t12-,15+,16-/m1/s1. The fourth-order valence-electron chi connectivity index (χ4n) is 3.32. The summed E-state index contributed by atoms with van der Waals surface area (Å²) in [6.45, 7) is 0.313. The monoisotopic (exact) mass is 416 g/mol. The molecule has 1 aromatic carbocycles. The number of amides is 1. The van der Waals surface area contributed by atoms with E-state index in [1.807, 2.05) is 30.5 Å². The van der Waals surface area contributed by atoms with E-state index in [9.17, 15) is 18.0 Å². The van der Waals surface area contributed by atoms with Crippen molar-refractivity contribution in [3.8, 4) is 5.88 Å². The molecule has 1 aliphatic rings. The van der Waals surface area contributed by atoms with Gasteiger partial charge in [-0.05, 0) is 37.0 Å². The zero-order chi connectivity index (χ0) is 21.3. The van der Waals surface area contributed by atoms with Crippen molar-refractivity contribution >= 4 is 16.8 Å². The summed E-state index contributed by atoms with van der Waals surface area (Å²) in [7, 11) is 0. The number of carbonyl (C=O) groups is 1. The van der Waals surface area contributed by atoms with Gasteiger partial charge in [-0.15, -0.1) is 0 Å². The van der Waals surface area contributed by atoms with Gasteiger partial charge in [-0.1, -0.05) is 18.2 Å². The van der Waals surface area contributed by atoms with Crippen molar-refractivity contribution < 1.29 is 22.7 Å². The molecule has 1 amide bonds. The van der Waals surface area contributed by atoms with E-state index in [1.54, 1.807) is 6.92 Å². The molecule has 156 valence electrons. The lowest BCUT2D eigenvalue weighted by molar-refractivity contribution is -0.154. The number of fused-ring (bicyclic) bond motifs is 1. The number of carbonyl (C=O) groups excluding carboxylic acids is 1. The Hall–Kier alpha value is -3.23. The summed E-state index contributed by atoms with van der Waals surface area (Å²) in [5.41, 5.74) is 2.39. The molecule has 1 aliphatic carbocycles. The van der Waals surface area contributed by atoms with Gasteiger partial charge in [0.15, 0.2) is 6.61 Å². The Morgan fingerprint density at radius 3 is 2.73 bits per heavy atom. The van der Waals surface area contributed by atoms with Crippen LogP contribution in [0.25, 0.3) is 10.9 Å². The molecule has 3 atom stereocenters. The molecule has 0 saturated heterocycles. The van der Waals surface area contributed by atoms with E-state index in [1.165, 1.54) is 6.20 Å². The highest BCUT2D eigenvalue weighted by Gasteiger charge is 2.44. The number of aromatic nitrogens is 3. The Labute approximate surface area is 170 Å². The van der Waals surface area contributed by atoms with Crippen molar-refractivity contribution in [2.45, 2.75) is 31.5 Å². The number of nitrogens with one attached hydrogen (secondary N) is 1. The lowest BCUT2D eigenvalue weighted by Gasteiger charge is -2.14. The van der Waals surface area contributed by atoms with Gasteiger partial charge >= 0.3 is 6.18 Å². The third kappa shape index (κ3) is 4.67. The lowest BCUT2D eigenvalue weighted by atomic mass is 10.1. The molecule has 4 rings (SSSR count). The Kier molecular flexibility index (Phi) is 5.27. The number of benzene rings is 1. The minimum Gasteiger partial charge on any atom is -0.467 e. The number of alkyl halides is 3. The number of para-hydroxylation sites is 1. The number of nitrogens with zero attached hydrogens (tertiary/aromatic N) is 3. The zero-order valence-corrected chi connectivity index (χ0v) is 16.1. The van der Waals surface area contributed by atoms with Crippen molar-refractivity contribution in [1.82, 2.24) is 20.3 Å². The van der Waals surface area contributed by atoms with Crippen LogP contribution in [0.4, 0.5) is 13.2 Å². The van der Waals surface area contributed by atoms with E-state index in [2.05, 4.69) is 31.1 Å². The van der Waals surface area contributed by atoms with Crippen molar-refractivity contribution in [3.05, 3.63) is 60.2 Å². The van der Waals surface area contributed by atoms with Gasteiger partial charge < -0.3 is 10.1 Å². The van der Waals surface area contributed by atoms with Crippen molar-refractivity contribution in [2.75, 3.05) is 6.61 Å². The summed E-state index contributed by atoms with van der Waals surface area (Å²) >= 11 is 0. The van der Waals surface area contributed by atoms with Gasteiger partial charge in [-0.2, -0.15) is 13.2 Å². The quantitative estimate of drug-likeness (QED) is 0.659. The molecule has 1 fully saturated rings. The Bertz CT molecular complexity index is 1060. The van der Waals surface area contributed by atoms with Crippen LogP contribution in [-0.4, -0.2) is 33.6 Å². The van der Waals surface area contributed by atoms with Crippen LogP contribution in [0.1, 0.15) is 36.6 Å². The topological polar surface area (TPSA) is 77.0 Å². The Morgan fingerprint density at radius 1 is 1.20 bits per heavy atom. The van der Waals surface area contributed by atoms with Crippen LogP contribution in [0, 0.1) is 5.92 Å². The van der Waals surface area contributed by atoms with Crippen molar-refractivity contribution in [1.29, 1.82) is 0 Å². The fraction of sp³-hybridized carbons (Fsp3) is 0.333. The van der Waals surface area contributed by atoms with Crippen LogP contribution in [0.5, 0.6) is 5.88 Å². The summed E-state index contributed by atoms with van der Waals surface area (Å²) in [6.07, 6.45) is 0.533. The highest BCUT2D eigenvalue weighted by molar-refractivity contribution is 5.84. The van der Waals surface area contributed by atoms with Gasteiger partial charge in [-0.3, -0.25) is 14.8 Å². The average molecular weight is 416 g/mol. The first-order chi connectivity index (χ1) is 14.3. The molecule has 30 heavy (non-hydrogen) atoms. The minimum absolute atomic E-state index is 0.0974. The normalized spacial score (nSPS) is 19.3. The second-order valence-electron chi connectivity index (χ2n) is 7.32. The highest BCUT2D eigenvalue weighted by atomic mass is 19.4. The molecule has 0 bridgehead atoms. The molecule has 9 heteroatoms. The van der Waals surface area contributed by atoms with Crippen molar-refractivity contribution in [2.24, 2.45) is 5.92 Å². The summed E-state index contributed by atoms with van der Waals surface area (Å²) in [5.74, 6) is -0.336. The smallest absolute Gasteiger partial charge is 0.422 e. The minimum atomic E-state index is -4.44. The second-order valence-corrected chi connectivity index (χ2v) is 7.32. The van der Waals surface area contributed by atoms with Crippen LogP contribution in [-0.2, 0) is 4.79 Å². The number of hydrogen-bond acceptors (Lipinski definition) is 5. The molecule has 1 saturated carbocycles. The SMILES string of the molecule is C[C@@H](NC(=O)[C@@H]1C[C@H]1c1cnc2ccccc2c1)c1cnc(OCC(F)(F)F)cn1. The van der Waals surface area contributed by atoms with Crippen LogP contribution < -0.4 is 10.1 Å². The summed E-state index contributed by atoms with van der Waals surface area (Å²) in [5, 5.41) is 3.93. The predicted molar refractivity (Wildman–Crippen MR) is 103 cm³/mol. The molecule has 2 aromatic heterocycles. The molecule has 1 N–H and O–H groups in total. The van der Waals surface area contributed by atoms with Gasteiger partial charge in [0, 0.05) is 17.5 Å². The molecule has 0 radical (unpaired) electrons. The predicted octanol–water partition coefficient (Wildman–Crippen LogP) is 3.95. The first-order valence-corrected chi connectivity index (χ1v) is 9.47. The van der Waals surface area contributed by atoms with E-state index < -0.39 is 18.8 Å². The Balaban J connectivity index is 1.33. The largest absolute Gasteiger partial charge is 0.467 e. The average Bonchev–Trinajstić information content (AvgIpc) is 3.53. The van der Waals surface area contributed by atoms with Crippen molar-refractivity contribution in [3.63, 3.8) is 0 Å². The van der Waals surface area contributed by atoms with Crippen LogP contribution in [0.2, 0.25) is 0 Å². The number of pyridine rings is 1. The number of ether oxygens (including phenoxy) is 1. The summed E-state index contributed by atoms with van der Waals surface area (Å²) in [6, 6.07) is 9.45. The second kappa shape index (κ2) is 7.89. The number of rotatable bonds is 6. The zero-order valence-electron chi connectivity index (χ0n) is 16.1. The molecular weight excluding hydrogens is 397 g/mol. The third-order valence-electron chi connectivity index (χ3n) is 5.00. The van der Waals surface area contributed by atoms with Crippen LogP contribution in [0.3, 0.4) is 0 Å². The van der Waals surface area contributed by atoms with Gasteiger partial charge in [0.25, 0.3) is 0 Å². The van der Waals surface area contributed by atoms with E-state index in [0.29, 0.717) is 5.69 Å². The summed E-state index contributed by atoms with van der Waals surface area (Å²) < 4.78 is 41.1. The van der Waals surface area contributed by atoms with E-state index in [-0.39, 0.29) is 23.6 Å². The van der Waals surface area contributed by atoms with Gasteiger partial charge in [0.1, 0.15) is 0 Å². The fourth-order valence-corrected chi connectivity index (χ4v) is 3.32. The van der Waals surface area contributed by atoms with Crippen LogP contribution in [0.15, 0.2) is 48.9 Å². The van der Waals surface area contributed by atoms with Crippen LogP contribution >= 0.6 is 0 Å². The van der Waals surface area contributed by atoms with Gasteiger partial charge in [0.05, 0.1) is 29.6 Å². The first-order valence-electron chi connectivity index (χ1n) is 9.47. The first kappa shape index (κ1) is 20.1. The van der Waals surface area contributed by atoms with E-state index in [0.717, 1.165) is 29.1 Å². The molecule has 6 nitrogen and oxygen atoms in total.